The smallest absolute Gasteiger partial charge is 0.267 e. The van der Waals surface area contributed by atoms with Crippen LogP contribution < -0.4 is 5.32 Å². The molecular weight excluding hydrogens is 343 g/mol. The fourth-order valence-corrected chi connectivity index (χ4v) is 3.67. The van der Waals surface area contributed by atoms with Crippen LogP contribution in [0, 0.1) is 5.82 Å². The van der Waals surface area contributed by atoms with Gasteiger partial charge in [-0.25, -0.2) is 9.37 Å². The van der Waals surface area contributed by atoms with Crippen molar-refractivity contribution in [2.75, 3.05) is 5.32 Å². The second kappa shape index (κ2) is 6.56. The number of rotatable bonds is 4. The van der Waals surface area contributed by atoms with Crippen LogP contribution in [0.25, 0.3) is 0 Å². The van der Waals surface area contributed by atoms with E-state index in [0.717, 1.165) is 10.4 Å². The van der Waals surface area contributed by atoms with E-state index in [1.807, 2.05) is 6.07 Å². The first-order valence-corrected chi connectivity index (χ1v) is 8.37. The maximum Gasteiger partial charge on any atom is 0.267 e. The molecule has 0 unspecified atom stereocenters. The molecule has 112 valence electrons. The van der Waals surface area contributed by atoms with Gasteiger partial charge in [-0.1, -0.05) is 23.7 Å². The second-order valence-electron chi connectivity index (χ2n) is 4.50. The molecule has 0 aliphatic rings. The van der Waals surface area contributed by atoms with Crippen molar-refractivity contribution in [1.82, 2.24) is 4.98 Å². The van der Waals surface area contributed by atoms with Gasteiger partial charge >= 0.3 is 0 Å². The summed E-state index contributed by atoms with van der Waals surface area (Å²) in [7, 11) is 0. The molecule has 1 amide bonds. The van der Waals surface area contributed by atoms with E-state index >= 15 is 0 Å². The van der Waals surface area contributed by atoms with Gasteiger partial charge in [0.05, 0.1) is 9.21 Å². The number of aromatic nitrogens is 1. The molecule has 0 aliphatic heterocycles. The SMILES string of the molecule is O=C(Nc1ncc(Cc2cccc(F)c2)s1)c1ccc(Cl)s1. The molecule has 3 aromatic rings. The summed E-state index contributed by atoms with van der Waals surface area (Å²) >= 11 is 8.39. The summed E-state index contributed by atoms with van der Waals surface area (Å²) in [5, 5.41) is 3.25. The van der Waals surface area contributed by atoms with E-state index in [2.05, 4.69) is 10.3 Å². The van der Waals surface area contributed by atoms with Crippen molar-refractivity contribution in [2.45, 2.75) is 6.42 Å². The zero-order chi connectivity index (χ0) is 15.5. The standard InChI is InChI=1S/C15H10ClFN2OS2/c16-13-5-4-12(22-13)14(20)19-15-18-8-11(21-15)7-9-2-1-3-10(17)6-9/h1-6,8H,7H2,(H,18,19,20). The third kappa shape index (κ3) is 3.71. The zero-order valence-electron chi connectivity index (χ0n) is 11.2. The molecule has 3 rings (SSSR count). The molecule has 0 fully saturated rings. The minimum Gasteiger partial charge on any atom is -0.297 e. The normalized spacial score (nSPS) is 10.6. The van der Waals surface area contributed by atoms with Crippen LogP contribution in [0.15, 0.2) is 42.6 Å². The van der Waals surface area contributed by atoms with Gasteiger partial charge in [-0.05, 0) is 29.8 Å². The van der Waals surface area contributed by atoms with E-state index in [1.54, 1.807) is 24.4 Å². The molecular formula is C15H10ClFN2OS2. The molecule has 0 saturated heterocycles. The second-order valence-corrected chi connectivity index (χ2v) is 7.33. The Morgan fingerprint density at radius 2 is 2.14 bits per heavy atom. The summed E-state index contributed by atoms with van der Waals surface area (Å²) in [5.74, 6) is -0.492. The predicted octanol–water partition coefficient (Wildman–Crippen LogP) is 4.84. The molecule has 2 aromatic heterocycles. The highest BCUT2D eigenvalue weighted by Gasteiger charge is 2.11. The summed E-state index contributed by atoms with van der Waals surface area (Å²) in [6, 6.07) is 9.78. The summed E-state index contributed by atoms with van der Waals surface area (Å²) < 4.78 is 13.7. The number of hydrogen-bond donors (Lipinski definition) is 1. The van der Waals surface area contributed by atoms with E-state index in [4.69, 9.17) is 11.6 Å². The zero-order valence-corrected chi connectivity index (χ0v) is 13.6. The van der Waals surface area contributed by atoms with Gasteiger partial charge in [-0.15, -0.1) is 22.7 Å². The van der Waals surface area contributed by atoms with Gasteiger partial charge in [-0.3, -0.25) is 10.1 Å². The van der Waals surface area contributed by atoms with Crippen molar-refractivity contribution in [2.24, 2.45) is 0 Å². The van der Waals surface area contributed by atoms with E-state index in [0.29, 0.717) is 20.8 Å². The molecule has 0 spiro atoms. The van der Waals surface area contributed by atoms with Crippen molar-refractivity contribution >= 4 is 45.3 Å². The minimum absolute atomic E-state index is 0.233. The average Bonchev–Trinajstić information content (AvgIpc) is 3.08. The molecule has 22 heavy (non-hydrogen) atoms. The van der Waals surface area contributed by atoms with Crippen molar-refractivity contribution < 1.29 is 9.18 Å². The van der Waals surface area contributed by atoms with Crippen LogP contribution in [0.3, 0.4) is 0 Å². The summed E-state index contributed by atoms with van der Waals surface area (Å²) in [6.07, 6.45) is 2.27. The Hall–Kier alpha value is -1.76. The summed E-state index contributed by atoms with van der Waals surface area (Å²) in [4.78, 5) is 17.7. The Morgan fingerprint density at radius 1 is 1.27 bits per heavy atom. The number of thiazole rings is 1. The van der Waals surface area contributed by atoms with Crippen LogP contribution in [0.2, 0.25) is 4.34 Å². The van der Waals surface area contributed by atoms with E-state index in [-0.39, 0.29) is 11.7 Å². The Bertz CT molecular complexity index is 815. The molecule has 1 aromatic carbocycles. The highest BCUT2D eigenvalue weighted by atomic mass is 35.5. The number of carbonyl (C=O) groups excluding carboxylic acids is 1. The van der Waals surface area contributed by atoms with E-state index < -0.39 is 0 Å². The van der Waals surface area contributed by atoms with Crippen LogP contribution in [0.5, 0.6) is 0 Å². The quantitative estimate of drug-likeness (QED) is 0.730. The highest BCUT2D eigenvalue weighted by molar-refractivity contribution is 7.18. The van der Waals surface area contributed by atoms with Crippen LogP contribution in [-0.4, -0.2) is 10.9 Å². The molecule has 0 saturated carbocycles. The first kappa shape index (κ1) is 15.1. The number of hydrogen-bond acceptors (Lipinski definition) is 4. The lowest BCUT2D eigenvalue weighted by atomic mass is 10.1. The van der Waals surface area contributed by atoms with Crippen LogP contribution >= 0.6 is 34.3 Å². The molecule has 1 N–H and O–H groups in total. The summed E-state index contributed by atoms with van der Waals surface area (Å²) in [5.41, 5.74) is 0.867. The van der Waals surface area contributed by atoms with Gasteiger partial charge in [-0.2, -0.15) is 0 Å². The molecule has 0 radical (unpaired) electrons. The maximum atomic E-state index is 13.2. The Kier molecular flexibility index (Phi) is 4.52. The van der Waals surface area contributed by atoms with Gasteiger partial charge in [0.2, 0.25) is 0 Å². The Morgan fingerprint density at radius 3 is 2.86 bits per heavy atom. The molecule has 0 bridgehead atoms. The number of carbonyl (C=O) groups is 1. The molecule has 7 heteroatoms. The predicted molar refractivity (Wildman–Crippen MR) is 88.6 cm³/mol. The summed E-state index contributed by atoms with van der Waals surface area (Å²) in [6.45, 7) is 0. The van der Waals surface area contributed by atoms with Crippen molar-refractivity contribution in [3.05, 3.63) is 68.1 Å². The first-order chi connectivity index (χ1) is 10.6. The number of anilines is 1. The fraction of sp³-hybridized carbons (Fsp3) is 0.0667. The van der Waals surface area contributed by atoms with Gasteiger partial charge in [0.15, 0.2) is 5.13 Å². The van der Waals surface area contributed by atoms with E-state index in [9.17, 15) is 9.18 Å². The maximum absolute atomic E-state index is 13.2. The first-order valence-electron chi connectivity index (χ1n) is 6.36. The van der Waals surface area contributed by atoms with Gasteiger partial charge in [0.25, 0.3) is 5.91 Å². The average molecular weight is 353 g/mol. The molecule has 0 aliphatic carbocycles. The van der Waals surface area contributed by atoms with Crippen molar-refractivity contribution in [1.29, 1.82) is 0 Å². The number of amides is 1. The third-order valence-electron chi connectivity index (χ3n) is 2.84. The minimum atomic E-state index is -0.259. The van der Waals surface area contributed by atoms with Crippen LogP contribution in [-0.2, 0) is 6.42 Å². The van der Waals surface area contributed by atoms with Crippen LogP contribution in [0.1, 0.15) is 20.1 Å². The topological polar surface area (TPSA) is 42.0 Å². The molecule has 2 heterocycles. The molecule has 0 atom stereocenters. The van der Waals surface area contributed by atoms with Gasteiger partial charge < -0.3 is 0 Å². The lowest BCUT2D eigenvalue weighted by Crippen LogP contribution is -2.09. The van der Waals surface area contributed by atoms with Crippen LogP contribution in [0.4, 0.5) is 9.52 Å². The van der Waals surface area contributed by atoms with Gasteiger partial charge in [0, 0.05) is 17.5 Å². The molecule has 3 nitrogen and oxygen atoms in total. The lowest BCUT2D eigenvalue weighted by Gasteiger charge is -1.99. The number of halogens is 2. The third-order valence-corrected chi connectivity index (χ3v) is 4.98. The number of benzene rings is 1. The van der Waals surface area contributed by atoms with Crippen molar-refractivity contribution in [3.63, 3.8) is 0 Å². The Balaban J connectivity index is 1.67. The van der Waals surface area contributed by atoms with Crippen molar-refractivity contribution in [3.8, 4) is 0 Å². The van der Waals surface area contributed by atoms with E-state index in [1.165, 1.54) is 34.8 Å². The lowest BCUT2D eigenvalue weighted by molar-refractivity contribution is 0.103. The fourth-order valence-electron chi connectivity index (χ4n) is 1.89. The monoisotopic (exact) mass is 352 g/mol. The Labute approximate surface area is 139 Å². The number of nitrogens with one attached hydrogen (secondary N) is 1. The van der Waals surface area contributed by atoms with Gasteiger partial charge in [0.1, 0.15) is 5.82 Å². The number of nitrogens with zero attached hydrogens (tertiary/aromatic N) is 1. The highest BCUT2D eigenvalue weighted by Crippen LogP contribution is 2.25. The number of thiophene rings is 1. The largest absolute Gasteiger partial charge is 0.297 e.